The number of hydrogen-bond acceptors (Lipinski definition) is 8. The summed E-state index contributed by atoms with van der Waals surface area (Å²) in [6, 6.07) is 3.73. The van der Waals surface area contributed by atoms with Gasteiger partial charge in [-0.2, -0.15) is 0 Å². The molecule has 2 aromatic rings. The Labute approximate surface area is 234 Å². The fourth-order valence-corrected chi connectivity index (χ4v) is 6.98. The van der Waals surface area contributed by atoms with E-state index in [0.29, 0.717) is 29.2 Å². The van der Waals surface area contributed by atoms with Gasteiger partial charge in [-0.3, -0.25) is 19.7 Å². The van der Waals surface area contributed by atoms with Crippen molar-refractivity contribution in [2.24, 2.45) is 22.7 Å². The van der Waals surface area contributed by atoms with Crippen LogP contribution >= 0.6 is 0 Å². The minimum Gasteiger partial charge on any atom is -0.508 e. The summed E-state index contributed by atoms with van der Waals surface area (Å²) in [5.41, 5.74) is 2.58. The van der Waals surface area contributed by atoms with Crippen molar-refractivity contribution in [2.75, 3.05) is 0 Å². The van der Waals surface area contributed by atoms with Gasteiger partial charge in [0.2, 0.25) is 0 Å². The third-order valence-corrected chi connectivity index (χ3v) is 9.01. The summed E-state index contributed by atoms with van der Waals surface area (Å²) >= 11 is 0. The Morgan fingerprint density at radius 2 is 2.10 bits per heavy atom. The Hall–Kier alpha value is -3.82. The number of rotatable bonds is 10. The number of aromatic hydroxyl groups is 1. The topological polar surface area (TPSA) is 137 Å². The maximum Gasteiger partial charge on any atom is 0.310 e. The Morgan fingerprint density at radius 1 is 1.32 bits per heavy atom. The number of fused-ring (bicyclic) bond motifs is 1. The highest BCUT2D eigenvalue weighted by atomic mass is 16.6. The number of aldehydes is 1. The first kappa shape index (κ1) is 29.2. The van der Waals surface area contributed by atoms with Gasteiger partial charge in [0, 0.05) is 17.7 Å². The first-order chi connectivity index (χ1) is 18.9. The number of non-ortho nitro benzene ring substituents is 1. The molecule has 2 aliphatic rings. The Bertz CT molecular complexity index is 1330. The molecule has 0 spiro atoms. The van der Waals surface area contributed by atoms with Crippen LogP contribution in [-0.2, 0) is 27.5 Å². The molecule has 0 radical (unpaired) electrons. The van der Waals surface area contributed by atoms with Crippen LogP contribution in [0, 0.1) is 32.8 Å². The molecular weight excluding hydrogens is 512 g/mol. The predicted molar refractivity (Wildman–Crippen MR) is 148 cm³/mol. The molecule has 2 saturated carbocycles. The van der Waals surface area contributed by atoms with Crippen molar-refractivity contribution in [3.63, 3.8) is 0 Å². The van der Waals surface area contributed by atoms with Crippen LogP contribution in [0.25, 0.3) is 0 Å². The van der Waals surface area contributed by atoms with E-state index in [9.17, 15) is 24.8 Å². The number of benzene rings is 1. The van der Waals surface area contributed by atoms with E-state index in [-0.39, 0.29) is 47.8 Å². The monoisotopic (exact) mass is 550 g/mol. The predicted octanol–water partition coefficient (Wildman–Crippen LogP) is 5.69. The van der Waals surface area contributed by atoms with Crippen molar-refractivity contribution in [2.45, 2.75) is 78.9 Å². The van der Waals surface area contributed by atoms with Crippen molar-refractivity contribution in [1.29, 1.82) is 0 Å². The van der Waals surface area contributed by atoms with Gasteiger partial charge in [-0.15, -0.1) is 5.10 Å². The molecular formula is C30H38N4O6. The van der Waals surface area contributed by atoms with Crippen LogP contribution in [0.3, 0.4) is 0 Å². The molecule has 0 bridgehead atoms. The third-order valence-electron chi connectivity index (χ3n) is 9.01. The van der Waals surface area contributed by atoms with E-state index in [0.717, 1.165) is 25.5 Å². The number of carbonyl (C=O) groups excluding carboxylic acids is 2. The van der Waals surface area contributed by atoms with Crippen molar-refractivity contribution >= 4 is 17.9 Å². The summed E-state index contributed by atoms with van der Waals surface area (Å²) in [5, 5.41) is 28.9. The van der Waals surface area contributed by atoms with Gasteiger partial charge in [-0.25, -0.2) is 4.68 Å². The number of esters is 1. The summed E-state index contributed by atoms with van der Waals surface area (Å²) in [7, 11) is 0. The van der Waals surface area contributed by atoms with E-state index in [1.165, 1.54) is 47.5 Å². The molecule has 1 heterocycles. The molecule has 214 valence electrons. The zero-order chi connectivity index (χ0) is 29.1. The molecule has 1 aromatic carbocycles. The minimum absolute atomic E-state index is 0.0515. The van der Waals surface area contributed by atoms with Crippen molar-refractivity contribution in [3.05, 3.63) is 69.6 Å². The molecule has 1 unspecified atom stereocenters. The van der Waals surface area contributed by atoms with Crippen LogP contribution in [0.15, 0.2) is 48.2 Å². The second kappa shape index (κ2) is 11.7. The average molecular weight is 551 g/mol. The molecule has 2 aliphatic carbocycles. The number of ether oxygens (including phenoxy) is 1. The van der Waals surface area contributed by atoms with Crippen LogP contribution in [0.5, 0.6) is 5.75 Å². The molecule has 0 amide bonds. The van der Waals surface area contributed by atoms with Crippen molar-refractivity contribution < 1.29 is 24.4 Å². The fourth-order valence-electron chi connectivity index (χ4n) is 6.98. The summed E-state index contributed by atoms with van der Waals surface area (Å²) in [6.45, 7) is 11.4. The van der Waals surface area contributed by atoms with Gasteiger partial charge < -0.3 is 9.84 Å². The number of aromatic nitrogens is 3. The number of carbonyl (C=O) groups is 2. The van der Waals surface area contributed by atoms with Crippen LogP contribution in [0.4, 0.5) is 5.69 Å². The number of nitro groups is 1. The lowest BCUT2D eigenvalue weighted by molar-refractivity contribution is -0.384. The molecule has 10 nitrogen and oxygen atoms in total. The van der Waals surface area contributed by atoms with E-state index in [4.69, 9.17) is 4.74 Å². The smallest absolute Gasteiger partial charge is 0.310 e. The summed E-state index contributed by atoms with van der Waals surface area (Å²) in [4.78, 5) is 34.8. The molecule has 4 rings (SSSR count). The molecule has 1 aromatic heterocycles. The average Bonchev–Trinajstić information content (AvgIpc) is 3.34. The van der Waals surface area contributed by atoms with Gasteiger partial charge in [-0.05, 0) is 66.4 Å². The molecule has 0 aliphatic heterocycles. The summed E-state index contributed by atoms with van der Waals surface area (Å²) < 4.78 is 6.72. The van der Waals surface area contributed by atoms with Gasteiger partial charge in [0.25, 0.3) is 5.69 Å². The molecule has 0 saturated heterocycles. The minimum atomic E-state index is -0.547. The second-order valence-corrected chi connectivity index (χ2v) is 12.1. The Morgan fingerprint density at radius 3 is 2.83 bits per heavy atom. The van der Waals surface area contributed by atoms with E-state index in [2.05, 4.69) is 37.7 Å². The number of hydrogen-bond donors (Lipinski definition) is 1. The quantitative estimate of drug-likeness (QED) is 0.0995. The molecule has 10 heteroatoms. The van der Waals surface area contributed by atoms with Gasteiger partial charge >= 0.3 is 5.97 Å². The molecule has 1 N–H and O–H groups in total. The maximum absolute atomic E-state index is 12.5. The van der Waals surface area contributed by atoms with Crippen LogP contribution in [0.1, 0.15) is 77.0 Å². The van der Waals surface area contributed by atoms with E-state index >= 15 is 0 Å². The largest absolute Gasteiger partial charge is 0.508 e. The van der Waals surface area contributed by atoms with Gasteiger partial charge in [0.05, 0.1) is 24.1 Å². The lowest BCUT2D eigenvalue weighted by Crippen LogP contribution is -2.49. The second-order valence-electron chi connectivity index (χ2n) is 12.1. The third kappa shape index (κ3) is 6.32. The fraction of sp³-hybridized carbons (Fsp3) is 0.533. The Kier molecular flexibility index (Phi) is 8.56. The van der Waals surface area contributed by atoms with E-state index < -0.39 is 10.9 Å². The summed E-state index contributed by atoms with van der Waals surface area (Å²) in [6.07, 6.45) is 10.4. The molecule has 40 heavy (non-hydrogen) atoms. The maximum atomic E-state index is 12.5. The first-order valence-electron chi connectivity index (χ1n) is 13.8. The van der Waals surface area contributed by atoms with Crippen LogP contribution in [0.2, 0.25) is 0 Å². The number of phenols is 1. The van der Waals surface area contributed by atoms with E-state index in [1.807, 2.05) is 6.08 Å². The highest BCUT2D eigenvalue weighted by Gasteiger charge is 2.52. The standard InChI is InChI=1S/C30H38N4O6/c1-20-6-11-27-29(2,3)12-5-13-30(27,4)25(20)9-7-21(18-35)14-28(37)40-19-23-17-33(32-31-23)16-22-15-24(34(38)39)8-10-26(22)36/h7-8,10,15,17-18,25,27,36H,1,5-6,9,11-14,16,19H2,2-4H3/b21-7+/t25?,27-,30+/m0/s1. The number of phenolic OH excluding ortho intramolecular Hbond substituents is 1. The summed E-state index contributed by atoms with van der Waals surface area (Å²) in [5.74, 6) is 0.236. The van der Waals surface area contributed by atoms with Gasteiger partial charge in [-0.1, -0.05) is 50.6 Å². The van der Waals surface area contributed by atoms with Gasteiger partial charge in [0.1, 0.15) is 24.3 Å². The SMILES string of the molecule is C=C1CC[C@H]2C(C)(C)CCC[C@]2(C)C1C/C=C(/C=O)CC(=O)OCc1cn(Cc2cc([N+](=O)[O-])ccc2O)nn1. The lowest BCUT2D eigenvalue weighted by Gasteiger charge is -2.58. The van der Waals surface area contributed by atoms with E-state index in [1.54, 1.807) is 0 Å². The highest BCUT2D eigenvalue weighted by molar-refractivity contribution is 5.84. The van der Waals surface area contributed by atoms with Crippen LogP contribution in [-0.4, -0.2) is 37.3 Å². The molecule has 2 fully saturated rings. The number of allylic oxidation sites excluding steroid dienone is 2. The zero-order valence-electron chi connectivity index (χ0n) is 23.5. The molecule has 3 atom stereocenters. The number of nitrogens with zero attached hydrogens (tertiary/aromatic N) is 4. The van der Waals surface area contributed by atoms with Gasteiger partial charge in [0.15, 0.2) is 0 Å². The zero-order valence-corrected chi connectivity index (χ0v) is 23.5. The highest BCUT2D eigenvalue weighted by Crippen LogP contribution is 2.61. The number of nitro benzene ring substituents is 1. The van der Waals surface area contributed by atoms with Crippen molar-refractivity contribution in [3.8, 4) is 5.75 Å². The normalized spacial score (nSPS) is 24.3. The lowest BCUT2D eigenvalue weighted by atomic mass is 9.47. The Balaban J connectivity index is 1.33. The van der Waals surface area contributed by atoms with Crippen molar-refractivity contribution in [1.82, 2.24) is 15.0 Å². The first-order valence-corrected chi connectivity index (χ1v) is 13.8. The van der Waals surface area contributed by atoms with Crippen LogP contribution < -0.4 is 0 Å².